The Morgan fingerprint density at radius 3 is 2.04 bits per heavy atom. The van der Waals surface area contributed by atoms with Crippen molar-refractivity contribution in [2.24, 2.45) is 5.73 Å². The van der Waals surface area contributed by atoms with Gasteiger partial charge in [-0.2, -0.15) is 0 Å². The molecule has 25 heavy (non-hydrogen) atoms. The number of carbonyl (C=O) groups excluding carboxylic acids is 2. The van der Waals surface area contributed by atoms with Crippen molar-refractivity contribution < 1.29 is 9.59 Å². The zero-order chi connectivity index (χ0) is 18.0. The minimum absolute atomic E-state index is 0.422. The molecule has 0 unspecified atom stereocenters. The predicted molar refractivity (Wildman–Crippen MR) is 101 cm³/mol. The number of rotatable bonds is 4. The Morgan fingerprint density at radius 2 is 1.44 bits per heavy atom. The number of aldehydes is 1. The van der Waals surface area contributed by atoms with E-state index in [4.69, 9.17) is 5.73 Å². The van der Waals surface area contributed by atoms with Crippen molar-refractivity contribution in [1.82, 2.24) is 0 Å². The van der Waals surface area contributed by atoms with Crippen molar-refractivity contribution in [2.45, 2.75) is 13.8 Å². The third-order valence-corrected chi connectivity index (χ3v) is 4.21. The van der Waals surface area contributed by atoms with Gasteiger partial charge in [-0.05, 0) is 48.2 Å². The predicted octanol–water partition coefficient (Wildman–Crippen LogP) is 4.55. The molecular weight excluding hydrogens is 310 g/mol. The summed E-state index contributed by atoms with van der Waals surface area (Å²) in [7, 11) is 0. The summed E-state index contributed by atoms with van der Waals surface area (Å²) in [6.07, 6.45) is 0.874. The number of nitrogens with two attached hydrogens (primary N) is 1. The molecule has 0 atom stereocenters. The van der Waals surface area contributed by atoms with E-state index < -0.39 is 5.91 Å². The molecule has 0 saturated carbocycles. The van der Waals surface area contributed by atoms with Gasteiger partial charge in [0.2, 0.25) is 5.91 Å². The fraction of sp³-hybridized carbons (Fsp3) is 0.0909. The van der Waals surface area contributed by atoms with E-state index in [9.17, 15) is 9.59 Å². The molecule has 3 aromatic rings. The Hall–Kier alpha value is -3.20. The Bertz CT molecular complexity index is 953. The molecular formula is C22H19NO2. The van der Waals surface area contributed by atoms with Crippen molar-refractivity contribution in [3.63, 3.8) is 0 Å². The van der Waals surface area contributed by atoms with E-state index in [0.29, 0.717) is 11.1 Å². The quantitative estimate of drug-likeness (QED) is 0.714. The molecule has 0 bridgehead atoms. The first kappa shape index (κ1) is 16.7. The molecule has 3 aromatic carbocycles. The number of hydrogen-bond acceptors (Lipinski definition) is 2. The van der Waals surface area contributed by atoms with Gasteiger partial charge in [0.1, 0.15) is 0 Å². The van der Waals surface area contributed by atoms with Gasteiger partial charge >= 0.3 is 0 Å². The van der Waals surface area contributed by atoms with Crippen molar-refractivity contribution in [3.05, 3.63) is 82.9 Å². The molecule has 0 aliphatic heterocycles. The highest BCUT2D eigenvalue weighted by Gasteiger charge is 2.13. The SMILES string of the molecule is Cc1cc(C)cc(-c2cccc(-c3cccc(C(N)=O)c3)c2C=O)c1. The maximum absolute atomic E-state index is 11.9. The molecule has 2 N–H and O–H groups in total. The largest absolute Gasteiger partial charge is 0.366 e. The molecule has 3 heteroatoms. The molecule has 0 spiro atoms. The van der Waals surface area contributed by atoms with E-state index >= 15 is 0 Å². The molecule has 0 saturated heterocycles. The fourth-order valence-electron chi connectivity index (χ4n) is 3.17. The van der Waals surface area contributed by atoms with Crippen molar-refractivity contribution in [1.29, 1.82) is 0 Å². The normalized spacial score (nSPS) is 10.5. The van der Waals surface area contributed by atoms with Crippen LogP contribution in [0.25, 0.3) is 22.3 Å². The zero-order valence-corrected chi connectivity index (χ0v) is 14.2. The maximum atomic E-state index is 11.9. The number of carbonyl (C=O) groups is 2. The zero-order valence-electron chi connectivity index (χ0n) is 14.2. The third-order valence-electron chi connectivity index (χ3n) is 4.21. The molecule has 0 radical (unpaired) electrons. The number of amides is 1. The second-order valence-corrected chi connectivity index (χ2v) is 6.21. The number of primary amides is 1. The van der Waals surface area contributed by atoms with Crippen LogP contribution in [0, 0.1) is 13.8 Å². The highest BCUT2D eigenvalue weighted by atomic mass is 16.1. The highest BCUT2D eigenvalue weighted by molar-refractivity contribution is 5.98. The van der Waals surface area contributed by atoms with Crippen LogP contribution in [0.5, 0.6) is 0 Å². The summed E-state index contributed by atoms with van der Waals surface area (Å²) in [6.45, 7) is 4.08. The second kappa shape index (κ2) is 6.73. The van der Waals surface area contributed by atoms with Crippen LogP contribution in [0.1, 0.15) is 31.8 Å². The van der Waals surface area contributed by atoms with Crippen LogP contribution in [0.3, 0.4) is 0 Å². The van der Waals surface area contributed by atoms with Gasteiger partial charge in [0, 0.05) is 11.1 Å². The third kappa shape index (κ3) is 3.36. The van der Waals surface area contributed by atoms with E-state index in [1.54, 1.807) is 18.2 Å². The van der Waals surface area contributed by atoms with Crippen LogP contribution in [0.4, 0.5) is 0 Å². The average Bonchev–Trinajstić information content (AvgIpc) is 2.60. The Labute approximate surface area is 147 Å². The van der Waals surface area contributed by atoms with Crippen molar-refractivity contribution >= 4 is 12.2 Å². The van der Waals surface area contributed by atoms with Gasteiger partial charge < -0.3 is 5.73 Å². The number of benzene rings is 3. The Balaban J connectivity index is 2.22. The molecule has 0 fully saturated rings. The molecule has 1 amide bonds. The molecule has 0 aromatic heterocycles. The monoisotopic (exact) mass is 329 g/mol. The van der Waals surface area contributed by atoms with E-state index in [2.05, 4.69) is 18.2 Å². The summed E-state index contributed by atoms with van der Waals surface area (Å²) >= 11 is 0. The lowest BCUT2D eigenvalue weighted by Gasteiger charge is -2.13. The summed E-state index contributed by atoms with van der Waals surface area (Å²) < 4.78 is 0. The van der Waals surface area contributed by atoms with Gasteiger partial charge in [-0.3, -0.25) is 9.59 Å². The maximum Gasteiger partial charge on any atom is 0.248 e. The van der Waals surface area contributed by atoms with Crippen molar-refractivity contribution in [2.75, 3.05) is 0 Å². The van der Waals surface area contributed by atoms with Crippen LogP contribution in [-0.4, -0.2) is 12.2 Å². The summed E-state index contributed by atoms with van der Waals surface area (Å²) in [6, 6.07) is 19.0. The average molecular weight is 329 g/mol. The van der Waals surface area contributed by atoms with Gasteiger partial charge in [0.15, 0.2) is 6.29 Å². The van der Waals surface area contributed by atoms with Crippen LogP contribution in [0.15, 0.2) is 60.7 Å². The van der Waals surface area contributed by atoms with E-state index in [1.807, 2.05) is 38.1 Å². The molecule has 3 rings (SSSR count). The highest BCUT2D eigenvalue weighted by Crippen LogP contribution is 2.32. The van der Waals surface area contributed by atoms with Gasteiger partial charge in [-0.1, -0.05) is 59.7 Å². The van der Waals surface area contributed by atoms with Gasteiger partial charge in [0.05, 0.1) is 0 Å². The van der Waals surface area contributed by atoms with E-state index in [0.717, 1.165) is 39.7 Å². The van der Waals surface area contributed by atoms with E-state index in [1.165, 1.54) is 0 Å². The molecule has 0 heterocycles. The summed E-state index contributed by atoms with van der Waals surface area (Å²) in [5, 5.41) is 0. The topological polar surface area (TPSA) is 60.2 Å². The second-order valence-electron chi connectivity index (χ2n) is 6.21. The summed E-state index contributed by atoms with van der Waals surface area (Å²) in [5.74, 6) is -0.486. The first-order chi connectivity index (χ1) is 12.0. The van der Waals surface area contributed by atoms with Crippen LogP contribution in [0.2, 0.25) is 0 Å². The summed E-state index contributed by atoms with van der Waals surface area (Å²) in [5.41, 5.74) is 12.2. The Morgan fingerprint density at radius 1 is 0.840 bits per heavy atom. The minimum atomic E-state index is -0.486. The fourth-order valence-corrected chi connectivity index (χ4v) is 3.17. The number of aryl methyl sites for hydroxylation is 2. The van der Waals surface area contributed by atoms with Gasteiger partial charge in [-0.25, -0.2) is 0 Å². The first-order valence-electron chi connectivity index (χ1n) is 8.06. The van der Waals surface area contributed by atoms with Gasteiger partial charge in [-0.15, -0.1) is 0 Å². The standard InChI is InChI=1S/C22H19NO2/c1-14-9-15(2)11-18(10-14)20-8-4-7-19(21(20)13-24)16-5-3-6-17(12-16)22(23)25/h3-13H,1-2H3,(H2,23,25). The van der Waals surface area contributed by atoms with Crippen LogP contribution < -0.4 is 5.73 Å². The van der Waals surface area contributed by atoms with Crippen LogP contribution in [-0.2, 0) is 0 Å². The molecule has 124 valence electrons. The van der Waals surface area contributed by atoms with Gasteiger partial charge in [0.25, 0.3) is 0 Å². The smallest absolute Gasteiger partial charge is 0.248 e. The lowest BCUT2D eigenvalue weighted by atomic mass is 9.91. The molecule has 0 aliphatic carbocycles. The molecule has 0 aliphatic rings. The van der Waals surface area contributed by atoms with E-state index in [-0.39, 0.29) is 0 Å². The minimum Gasteiger partial charge on any atom is -0.366 e. The lowest BCUT2D eigenvalue weighted by molar-refractivity contribution is 0.1000. The Kier molecular flexibility index (Phi) is 4.48. The van der Waals surface area contributed by atoms with Crippen LogP contribution >= 0.6 is 0 Å². The number of hydrogen-bond donors (Lipinski definition) is 1. The molecule has 3 nitrogen and oxygen atoms in total. The van der Waals surface area contributed by atoms with Crippen molar-refractivity contribution in [3.8, 4) is 22.3 Å². The lowest BCUT2D eigenvalue weighted by Crippen LogP contribution is -2.10. The first-order valence-corrected chi connectivity index (χ1v) is 8.06. The summed E-state index contributed by atoms with van der Waals surface area (Å²) in [4.78, 5) is 23.3.